The van der Waals surface area contributed by atoms with Gasteiger partial charge in [-0.15, -0.1) is 18.3 Å². The van der Waals surface area contributed by atoms with Gasteiger partial charge in [-0.05, 0) is 25.0 Å². The Morgan fingerprint density at radius 3 is 2.86 bits per heavy atom. The second-order valence-electron chi connectivity index (χ2n) is 5.13. The summed E-state index contributed by atoms with van der Waals surface area (Å²) in [6.07, 6.45) is 7.30. The zero-order valence-corrected chi connectivity index (χ0v) is 14.0. The van der Waals surface area contributed by atoms with Crippen LogP contribution in [-0.4, -0.2) is 29.2 Å². The maximum absolute atomic E-state index is 12.3. The Balaban J connectivity index is 1.78. The average molecular weight is 322 g/mol. The van der Waals surface area contributed by atoms with Crippen LogP contribution in [0.4, 0.5) is 0 Å². The van der Waals surface area contributed by atoms with Gasteiger partial charge in [-0.1, -0.05) is 31.1 Å². The van der Waals surface area contributed by atoms with E-state index in [-0.39, 0.29) is 5.91 Å². The van der Waals surface area contributed by atoms with Gasteiger partial charge in [0, 0.05) is 28.2 Å². The minimum absolute atomic E-state index is 0.0363. The third-order valence-electron chi connectivity index (χ3n) is 3.53. The molecule has 0 atom stereocenters. The molecule has 0 bridgehead atoms. The Hall–Kier alpha value is -0.870. The quantitative estimate of drug-likeness (QED) is 0.438. The van der Waals surface area contributed by atoms with Crippen molar-refractivity contribution in [2.75, 3.05) is 18.1 Å². The van der Waals surface area contributed by atoms with Crippen molar-refractivity contribution in [3.63, 3.8) is 0 Å². The number of hydrogen-bond acceptors (Lipinski definition) is 3. The molecule has 0 unspecified atom stereocenters. The van der Waals surface area contributed by atoms with Crippen molar-refractivity contribution in [3.8, 4) is 0 Å². The van der Waals surface area contributed by atoms with Crippen LogP contribution in [0.25, 0.3) is 0 Å². The largest absolute Gasteiger partial charge is 0.351 e. The molecule has 2 nitrogen and oxygen atoms in total. The van der Waals surface area contributed by atoms with Gasteiger partial charge >= 0.3 is 0 Å². The van der Waals surface area contributed by atoms with Gasteiger partial charge in [0.15, 0.2) is 0 Å². The lowest BCUT2D eigenvalue weighted by Crippen LogP contribution is -2.26. The monoisotopic (exact) mass is 321 g/mol. The highest BCUT2D eigenvalue weighted by Gasteiger charge is 2.15. The van der Waals surface area contributed by atoms with Crippen LogP contribution in [0.5, 0.6) is 0 Å². The summed E-state index contributed by atoms with van der Waals surface area (Å²) in [7, 11) is 0. The number of carbonyl (C=O) groups is 1. The molecule has 1 aliphatic carbocycles. The van der Waals surface area contributed by atoms with Crippen LogP contribution in [0.3, 0.4) is 0 Å². The molecule has 1 aromatic rings. The zero-order chi connectivity index (χ0) is 14.9. The standard InChI is InChI=1S/C17H23NOS2/c1-2-12-21-16-10-6-5-9-15(16)17(19)18-11-13-20-14-7-3-4-8-14/h2,5-6,9-10,14H,1,3-4,7-8,11-13H2,(H,18,19). The van der Waals surface area contributed by atoms with Gasteiger partial charge in [0.25, 0.3) is 5.91 Å². The molecule has 0 heterocycles. The fourth-order valence-corrected chi connectivity index (χ4v) is 4.48. The Labute approximate surface area is 136 Å². The van der Waals surface area contributed by atoms with Crippen molar-refractivity contribution >= 4 is 29.4 Å². The van der Waals surface area contributed by atoms with Crippen LogP contribution in [0.2, 0.25) is 0 Å². The van der Waals surface area contributed by atoms with Crippen LogP contribution in [0.15, 0.2) is 41.8 Å². The summed E-state index contributed by atoms with van der Waals surface area (Å²) in [5.41, 5.74) is 0.773. The van der Waals surface area contributed by atoms with Crippen LogP contribution in [-0.2, 0) is 0 Å². The molecule has 0 aromatic heterocycles. The molecule has 0 aliphatic heterocycles. The predicted molar refractivity (Wildman–Crippen MR) is 94.4 cm³/mol. The topological polar surface area (TPSA) is 29.1 Å². The fourth-order valence-electron chi connectivity index (χ4n) is 2.47. The van der Waals surface area contributed by atoms with E-state index in [0.29, 0.717) is 0 Å². The van der Waals surface area contributed by atoms with E-state index in [0.717, 1.165) is 33.8 Å². The third-order valence-corrected chi connectivity index (χ3v) is 5.98. The van der Waals surface area contributed by atoms with Gasteiger partial charge in [0.1, 0.15) is 0 Å². The number of nitrogens with one attached hydrogen (secondary N) is 1. The highest BCUT2D eigenvalue weighted by molar-refractivity contribution is 8.00. The van der Waals surface area contributed by atoms with E-state index in [1.807, 2.05) is 42.1 Å². The molecule has 114 valence electrons. The van der Waals surface area contributed by atoms with Crippen molar-refractivity contribution in [2.45, 2.75) is 35.8 Å². The summed E-state index contributed by atoms with van der Waals surface area (Å²) in [5.74, 6) is 1.87. The molecule has 1 saturated carbocycles. The Morgan fingerprint density at radius 1 is 1.33 bits per heavy atom. The lowest BCUT2D eigenvalue weighted by atomic mass is 10.2. The van der Waals surface area contributed by atoms with E-state index >= 15 is 0 Å². The normalized spacial score (nSPS) is 15.0. The second-order valence-corrected chi connectivity index (χ2v) is 7.60. The Bertz CT molecular complexity index is 470. The van der Waals surface area contributed by atoms with Crippen molar-refractivity contribution in [1.29, 1.82) is 0 Å². The molecule has 1 fully saturated rings. The number of rotatable bonds is 8. The first-order chi connectivity index (χ1) is 10.3. The number of hydrogen-bond donors (Lipinski definition) is 1. The molecule has 0 saturated heterocycles. The minimum Gasteiger partial charge on any atom is -0.351 e. The summed E-state index contributed by atoms with van der Waals surface area (Å²) in [5, 5.41) is 3.86. The highest BCUT2D eigenvalue weighted by Crippen LogP contribution is 2.29. The number of benzene rings is 1. The zero-order valence-electron chi connectivity index (χ0n) is 12.3. The van der Waals surface area contributed by atoms with Crippen LogP contribution < -0.4 is 5.32 Å². The number of carbonyl (C=O) groups excluding carboxylic acids is 1. The average Bonchev–Trinajstić information content (AvgIpc) is 3.03. The molecule has 21 heavy (non-hydrogen) atoms. The van der Waals surface area contributed by atoms with E-state index in [1.54, 1.807) is 11.8 Å². The van der Waals surface area contributed by atoms with Crippen LogP contribution in [0, 0.1) is 0 Å². The van der Waals surface area contributed by atoms with Gasteiger partial charge in [0.2, 0.25) is 0 Å². The SMILES string of the molecule is C=CCSc1ccccc1C(=O)NCCSC1CCCC1. The summed E-state index contributed by atoms with van der Waals surface area (Å²) in [6, 6.07) is 7.78. The summed E-state index contributed by atoms with van der Waals surface area (Å²) < 4.78 is 0. The van der Waals surface area contributed by atoms with Gasteiger partial charge < -0.3 is 5.32 Å². The van der Waals surface area contributed by atoms with E-state index < -0.39 is 0 Å². The summed E-state index contributed by atoms with van der Waals surface area (Å²) in [6.45, 7) is 4.47. The van der Waals surface area contributed by atoms with Gasteiger partial charge in [-0.25, -0.2) is 0 Å². The molecule has 1 aromatic carbocycles. The fraction of sp³-hybridized carbons (Fsp3) is 0.471. The minimum atomic E-state index is 0.0363. The molecule has 1 aliphatic rings. The third kappa shape index (κ3) is 5.44. The molecule has 1 N–H and O–H groups in total. The van der Waals surface area contributed by atoms with E-state index in [1.165, 1.54) is 25.7 Å². The first-order valence-corrected chi connectivity index (χ1v) is 9.57. The smallest absolute Gasteiger partial charge is 0.252 e. The Morgan fingerprint density at radius 2 is 2.10 bits per heavy atom. The van der Waals surface area contributed by atoms with Crippen LogP contribution >= 0.6 is 23.5 Å². The van der Waals surface area contributed by atoms with Gasteiger partial charge in [-0.2, -0.15) is 11.8 Å². The molecule has 2 rings (SSSR count). The van der Waals surface area contributed by atoms with Crippen molar-refractivity contribution in [1.82, 2.24) is 5.32 Å². The van der Waals surface area contributed by atoms with E-state index in [4.69, 9.17) is 0 Å². The van der Waals surface area contributed by atoms with Crippen molar-refractivity contribution in [2.24, 2.45) is 0 Å². The van der Waals surface area contributed by atoms with Crippen molar-refractivity contribution in [3.05, 3.63) is 42.5 Å². The molecule has 4 heteroatoms. The summed E-state index contributed by atoms with van der Waals surface area (Å²) in [4.78, 5) is 13.3. The van der Waals surface area contributed by atoms with Crippen molar-refractivity contribution < 1.29 is 4.79 Å². The first kappa shape index (κ1) is 16.5. The molecule has 0 spiro atoms. The first-order valence-electron chi connectivity index (χ1n) is 7.54. The summed E-state index contributed by atoms with van der Waals surface area (Å²) >= 11 is 3.66. The van der Waals surface area contributed by atoms with E-state index in [2.05, 4.69) is 11.9 Å². The molecule has 0 radical (unpaired) electrons. The van der Waals surface area contributed by atoms with Gasteiger partial charge in [0.05, 0.1) is 5.56 Å². The molecular weight excluding hydrogens is 298 g/mol. The highest BCUT2D eigenvalue weighted by atomic mass is 32.2. The lowest BCUT2D eigenvalue weighted by molar-refractivity contribution is 0.0953. The number of thioether (sulfide) groups is 2. The van der Waals surface area contributed by atoms with E-state index in [9.17, 15) is 4.79 Å². The molecular formula is C17H23NOS2. The number of amides is 1. The van der Waals surface area contributed by atoms with Gasteiger partial charge in [-0.3, -0.25) is 4.79 Å². The molecule has 1 amide bonds. The maximum Gasteiger partial charge on any atom is 0.252 e. The second kappa shape index (κ2) is 9.21. The lowest BCUT2D eigenvalue weighted by Gasteiger charge is -2.11. The van der Waals surface area contributed by atoms with Crippen LogP contribution in [0.1, 0.15) is 36.0 Å². The maximum atomic E-state index is 12.3. The Kier molecular flexibility index (Phi) is 7.24. The predicted octanol–water partition coefficient (Wildman–Crippen LogP) is 4.37.